The van der Waals surface area contributed by atoms with Crippen molar-refractivity contribution in [3.63, 3.8) is 0 Å². The van der Waals surface area contributed by atoms with E-state index in [0.29, 0.717) is 6.54 Å². The number of methoxy groups -OCH3 is 2. The van der Waals surface area contributed by atoms with Gasteiger partial charge in [0, 0.05) is 63.3 Å². The Hall–Kier alpha value is -2.04. The van der Waals surface area contributed by atoms with E-state index in [1.165, 1.54) is 10.4 Å². The largest absolute Gasteiger partial charge is 0.497 e. The minimum atomic E-state index is 0. The topological polar surface area (TPSA) is 63.1 Å². The Morgan fingerprint density at radius 2 is 1.80 bits per heavy atom. The van der Waals surface area contributed by atoms with Gasteiger partial charge in [-0.2, -0.15) is 0 Å². The standard InChI is InChI=1S/C24H31N5O3S.2ClH/c1-26-7-6-18-21(15-26)33-23-22(18)24(30)29(16-25-23)13-10-27-8-11-28(12-9-27)19-5-4-17(31-2)14-20(19)32-3;;/h4-5,14,16H,6-13,15H2,1-3H3;2*1H. The molecule has 2 aromatic heterocycles. The molecule has 3 aromatic rings. The van der Waals surface area contributed by atoms with Gasteiger partial charge in [0.2, 0.25) is 0 Å². The van der Waals surface area contributed by atoms with Gasteiger partial charge in [-0.3, -0.25) is 14.3 Å². The molecule has 0 unspecified atom stereocenters. The number of ether oxygens (including phenoxy) is 2. The van der Waals surface area contributed by atoms with Gasteiger partial charge >= 0.3 is 0 Å². The quantitative estimate of drug-likeness (QED) is 0.475. The highest BCUT2D eigenvalue weighted by molar-refractivity contribution is 7.18. The summed E-state index contributed by atoms with van der Waals surface area (Å²) in [6, 6.07) is 5.96. The second-order valence-electron chi connectivity index (χ2n) is 8.78. The Morgan fingerprint density at radius 3 is 2.51 bits per heavy atom. The molecule has 1 saturated heterocycles. The van der Waals surface area contributed by atoms with E-state index in [2.05, 4.69) is 32.8 Å². The molecule has 1 aromatic carbocycles. The molecule has 0 saturated carbocycles. The molecule has 2 aliphatic rings. The Morgan fingerprint density at radius 1 is 1.03 bits per heavy atom. The second kappa shape index (κ2) is 11.8. The summed E-state index contributed by atoms with van der Waals surface area (Å²) in [5.41, 5.74) is 2.43. The summed E-state index contributed by atoms with van der Waals surface area (Å²) < 4.78 is 12.7. The molecule has 0 amide bonds. The van der Waals surface area contributed by atoms with E-state index in [-0.39, 0.29) is 30.4 Å². The van der Waals surface area contributed by atoms with Gasteiger partial charge in [-0.05, 0) is 31.2 Å². The summed E-state index contributed by atoms with van der Waals surface area (Å²) in [7, 11) is 5.49. The van der Waals surface area contributed by atoms with Gasteiger partial charge in [0.1, 0.15) is 16.3 Å². The van der Waals surface area contributed by atoms with Crippen molar-refractivity contribution in [2.75, 3.05) is 65.4 Å². The van der Waals surface area contributed by atoms with Crippen molar-refractivity contribution in [2.45, 2.75) is 19.5 Å². The van der Waals surface area contributed by atoms with Gasteiger partial charge in [-0.25, -0.2) is 4.98 Å². The number of benzene rings is 1. The van der Waals surface area contributed by atoms with Crippen LogP contribution < -0.4 is 19.9 Å². The highest BCUT2D eigenvalue weighted by atomic mass is 35.5. The molecule has 35 heavy (non-hydrogen) atoms. The van der Waals surface area contributed by atoms with Gasteiger partial charge in [-0.15, -0.1) is 36.2 Å². The number of fused-ring (bicyclic) bond motifs is 3. The number of halogens is 2. The van der Waals surface area contributed by atoms with Gasteiger partial charge < -0.3 is 19.3 Å². The third kappa shape index (κ3) is 5.54. The molecular formula is C24H33Cl2N5O3S. The predicted molar refractivity (Wildman–Crippen MR) is 147 cm³/mol. The van der Waals surface area contributed by atoms with Crippen LogP contribution >= 0.6 is 36.2 Å². The van der Waals surface area contributed by atoms with Crippen molar-refractivity contribution >= 4 is 52.1 Å². The molecule has 0 atom stereocenters. The molecule has 0 radical (unpaired) electrons. The van der Waals surface area contributed by atoms with Crippen LogP contribution in [0.4, 0.5) is 5.69 Å². The predicted octanol–water partition coefficient (Wildman–Crippen LogP) is 3.13. The number of anilines is 1. The average Bonchev–Trinajstić information content (AvgIpc) is 3.21. The SMILES string of the molecule is COc1ccc(N2CCN(CCn3cnc4sc5c(c4c3=O)CCN(C)C5)CC2)c(OC)c1.Cl.Cl. The fraction of sp³-hybridized carbons (Fsp3) is 0.500. The average molecular weight is 543 g/mol. The molecule has 1 fully saturated rings. The van der Waals surface area contributed by atoms with E-state index in [1.54, 1.807) is 36.5 Å². The summed E-state index contributed by atoms with van der Waals surface area (Å²) in [6.45, 7) is 7.14. The molecule has 5 rings (SSSR count). The molecule has 0 spiro atoms. The summed E-state index contributed by atoms with van der Waals surface area (Å²) in [4.78, 5) is 27.1. The fourth-order valence-electron chi connectivity index (χ4n) is 4.81. The van der Waals surface area contributed by atoms with Crippen molar-refractivity contribution in [1.29, 1.82) is 0 Å². The van der Waals surface area contributed by atoms with Crippen LogP contribution in [0.3, 0.4) is 0 Å². The number of hydrogen-bond donors (Lipinski definition) is 0. The van der Waals surface area contributed by atoms with Crippen LogP contribution in [-0.4, -0.2) is 79.9 Å². The zero-order chi connectivity index (χ0) is 22.9. The van der Waals surface area contributed by atoms with Crippen LogP contribution in [-0.2, 0) is 19.5 Å². The van der Waals surface area contributed by atoms with E-state index in [0.717, 1.165) is 79.6 Å². The van der Waals surface area contributed by atoms with Gasteiger partial charge in [-0.1, -0.05) is 0 Å². The lowest BCUT2D eigenvalue weighted by Crippen LogP contribution is -2.47. The van der Waals surface area contributed by atoms with Gasteiger partial charge in [0.25, 0.3) is 5.56 Å². The van der Waals surface area contributed by atoms with E-state index in [4.69, 9.17) is 9.47 Å². The Balaban J connectivity index is 0.00000171. The molecule has 8 nitrogen and oxygen atoms in total. The number of rotatable bonds is 6. The summed E-state index contributed by atoms with van der Waals surface area (Å²) in [5, 5.41) is 0.849. The zero-order valence-electron chi connectivity index (χ0n) is 20.4. The summed E-state index contributed by atoms with van der Waals surface area (Å²) in [5.74, 6) is 1.63. The van der Waals surface area contributed by atoms with Gasteiger partial charge in [0.15, 0.2) is 0 Å². The zero-order valence-corrected chi connectivity index (χ0v) is 22.8. The number of likely N-dealkylation sites (N-methyl/N-ethyl adjacent to an activating group) is 1. The van der Waals surface area contributed by atoms with Gasteiger partial charge in [0.05, 0.1) is 31.6 Å². The monoisotopic (exact) mass is 541 g/mol. The molecule has 0 N–H and O–H groups in total. The third-order valence-corrected chi connectivity index (χ3v) is 7.90. The summed E-state index contributed by atoms with van der Waals surface area (Å²) >= 11 is 1.68. The first-order chi connectivity index (χ1) is 16.1. The number of nitrogens with zero attached hydrogens (tertiary/aromatic N) is 5. The third-order valence-electron chi connectivity index (χ3n) is 6.78. The lowest BCUT2D eigenvalue weighted by atomic mass is 10.1. The van der Waals surface area contributed by atoms with Crippen molar-refractivity contribution in [3.05, 3.63) is 45.3 Å². The molecule has 192 valence electrons. The molecule has 2 aliphatic heterocycles. The molecule has 0 bridgehead atoms. The van der Waals surface area contributed by atoms with Crippen molar-refractivity contribution in [2.24, 2.45) is 0 Å². The van der Waals surface area contributed by atoms with Crippen LogP contribution in [0.1, 0.15) is 10.4 Å². The lowest BCUT2D eigenvalue weighted by Gasteiger charge is -2.36. The van der Waals surface area contributed by atoms with Crippen LogP contribution in [0.5, 0.6) is 11.5 Å². The highest BCUT2D eigenvalue weighted by Crippen LogP contribution is 2.33. The highest BCUT2D eigenvalue weighted by Gasteiger charge is 2.23. The van der Waals surface area contributed by atoms with E-state index in [1.807, 2.05) is 12.1 Å². The van der Waals surface area contributed by atoms with Crippen molar-refractivity contribution < 1.29 is 9.47 Å². The van der Waals surface area contributed by atoms with Crippen LogP contribution in [0.25, 0.3) is 10.2 Å². The first-order valence-corrected chi connectivity index (χ1v) is 12.3. The van der Waals surface area contributed by atoms with E-state index < -0.39 is 0 Å². The first-order valence-electron chi connectivity index (χ1n) is 11.4. The second-order valence-corrected chi connectivity index (χ2v) is 9.86. The maximum Gasteiger partial charge on any atom is 0.262 e. The van der Waals surface area contributed by atoms with Crippen LogP contribution in [0.15, 0.2) is 29.3 Å². The Labute approximate surface area is 222 Å². The van der Waals surface area contributed by atoms with E-state index >= 15 is 0 Å². The molecule has 0 aliphatic carbocycles. The van der Waals surface area contributed by atoms with Crippen molar-refractivity contribution in [1.82, 2.24) is 19.4 Å². The first kappa shape index (κ1) is 27.5. The minimum Gasteiger partial charge on any atom is -0.497 e. The maximum atomic E-state index is 13.2. The fourth-order valence-corrected chi connectivity index (χ4v) is 6.07. The molecule has 11 heteroatoms. The summed E-state index contributed by atoms with van der Waals surface area (Å²) in [6.07, 6.45) is 2.67. The van der Waals surface area contributed by atoms with Crippen LogP contribution in [0.2, 0.25) is 0 Å². The number of piperazine rings is 1. The minimum absolute atomic E-state index is 0. The Bertz CT molecular complexity index is 1210. The molecule has 4 heterocycles. The lowest BCUT2D eigenvalue weighted by molar-refractivity contribution is 0.246. The van der Waals surface area contributed by atoms with Crippen LogP contribution in [0, 0.1) is 0 Å². The van der Waals surface area contributed by atoms with Crippen molar-refractivity contribution in [3.8, 4) is 11.5 Å². The molecular weight excluding hydrogens is 509 g/mol. The normalized spacial score (nSPS) is 16.4. The Kier molecular flexibility index (Phi) is 9.28. The number of aromatic nitrogens is 2. The number of hydrogen-bond acceptors (Lipinski definition) is 8. The number of thiophene rings is 1. The van der Waals surface area contributed by atoms with E-state index in [9.17, 15) is 4.79 Å². The smallest absolute Gasteiger partial charge is 0.262 e. The maximum absolute atomic E-state index is 13.2.